The lowest BCUT2D eigenvalue weighted by atomic mass is 9.99. The van der Waals surface area contributed by atoms with Crippen LogP contribution in [-0.4, -0.2) is 5.91 Å². The lowest BCUT2D eigenvalue weighted by Crippen LogP contribution is -2.26. The molecule has 0 bridgehead atoms. The quantitative estimate of drug-likeness (QED) is 0.752. The minimum absolute atomic E-state index is 0.0935. The summed E-state index contributed by atoms with van der Waals surface area (Å²) >= 11 is 0. The van der Waals surface area contributed by atoms with Gasteiger partial charge in [0.1, 0.15) is 0 Å². The van der Waals surface area contributed by atoms with Crippen molar-refractivity contribution in [1.82, 2.24) is 5.32 Å². The number of halogens is 2. The Kier molecular flexibility index (Phi) is 4.06. The molecule has 4 heteroatoms. The van der Waals surface area contributed by atoms with Gasteiger partial charge < -0.3 is 5.32 Å². The van der Waals surface area contributed by atoms with Gasteiger partial charge in [0, 0.05) is 5.56 Å². The lowest BCUT2D eigenvalue weighted by molar-refractivity contribution is 0.0939. The molecule has 0 saturated heterocycles. The van der Waals surface area contributed by atoms with E-state index in [1.807, 2.05) is 49.4 Å². The van der Waals surface area contributed by atoms with Crippen LogP contribution in [0.5, 0.6) is 0 Å². The summed E-state index contributed by atoms with van der Waals surface area (Å²) in [5.74, 6) is -2.44. The van der Waals surface area contributed by atoms with Gasteiger partial charge in [0.05, 0.1) is 6.04 Å². The van der Waals surface area contributed by atoms with Gasteiger partial charge >= 0.3 is 0 Å². The fourth-order valence-electron chi connectivity index (χ4n) is 2.62. The molecular weight excluding hydrogens is 296 g/mol. The molecule has 0 heterocycles. The number of nitrogens with one attached hydrogen (secondary N) is 1. The first-order valence-electron chi connectivity index (χ1n) is 7.30. The number of carbonyl (C=O) groups excluding carboxylic acids is 1. The first-order valence-corrected chi connectivity index (χ1v) is 7.30. The first-order chi connectivity index (χ1) is 11.1. The molecule has 2 nitrogen and oxygen atoms in total. The molecule has 3 aromatic carbocycles. The number of fused-ring (bicyclic) bond motifs is 1. The van der Waals surface area contributed by atoms with Gasteiger partial charge in [0.25, 0.3) is 5.91 Å². The minimum atomic E-state index is -1.03. The molecule has 1 amide bonds. The van der Waals surface area contributed by atoms with Gasteiger partial charge in [-0.2, -0.15) is 0 Å². The fourth-order valence-corrected chi connectivity index (χ4v) is 2.62. The maximum atomic E-state index is 13.3. The van der Waals surface area contributed by atoms with Crippen molar-refractivity contribution >= 4 is 16.7 Å². The molecule has 0 aromatic heterocycles. The summed E-state index contributed by atoms with van der Waals surface area (Å²) in [6.07, 6.45) is 0. The van der Waals surface area contributed by atoms with Crippen LogP contribution in [0.4, 0.5) is 8.78 Å². The Morgan fingerprint density at radius 3 is 2.48 bits per heavy atom. The van der Waals surface area contributed by atoms with E-state index in [-0.39, 0.29) is 11.6 Å². The Morgan fingerprint density at radius 2 is 1.70 bits per heavy atom. The zero-order valence-electron chi connectivity index (χ0n) is 12.5. The molecule has 1 atom stereocenters. The second kappa shape index (κ2) is 6.16. The number of hydrogen-bond acceptors (Lipinski definition) is 1. The van der Waals surface area contributed by atoms with Crippen molar-refractivity contribution in [3.63, 3.8) is 0 Å². The molecule has 3 rings (SSSR count). The van der Waals surface area contributed by atoms with Crippen molar-refractivity contribution < 1.29 is 13.6 Å². The van der Waals surface area contributed by atoms with Crippen LogP contribution in [-0.2, 0) is 0 Å². The molecule has 0 radical (unpaired) electrons. The zero-order chi connectivity index (χ0) is 16.4. The van der Waals surface area contributed by atoms with Gasteiger partial charge in [-0.05, 0) is 41.5 Å². The van der Waals surface area contributed by atoms with E-state index in [1.54, 1.807) is 0 Å². The van der Waals surface area contributed by atoms with E-state index in [0.717, 1.165) is 28.5 Å². The number of carbonyl (C=O) groups is 1. The van der Waals surface area contributed by atoms with Crippen LogP contribution in [0, 0.1) is 11.6 Å². The van der Waals surface area contributed by atoms with Gasteiger partial charge in [-0.3, -0.25) is 4.79 Å². The highest BCUT2D eigenvalue weighted by atomic mass is 19.2. The Morgan fingerprint density at radius 1 is 0.957 bits per heavy atom. The highest BCUT2D eigenvalue weighted by Gasteiger charge is 2.15. The lowest BCUT2D eigenvalue weighted by Gasteiger charge is -2.16. The standard InChI is InChI=1S/C19H15F2NO/c1-12(15-8-4-6-13-5-2-3-7-16(13)15)22-19(23)14-9-10-17(20)18(21)11-14/h2-12H,1H3,(H,22,23). The van der Waals surface area contributed by atoms with Crippen LogP contribution in [0.1, 0.15) is 28.9 Å². The number of hydrogen-bond donors (Lipinski definition) is 1. The average molecular weight is 311 g/mol. The molecule has 0 saturated carbocycles. The Bertz CT molecular complexity index is 871. The van der Waals surface area contributed by atoms with Gasteiger partial charge in [-0.15, -0.1) is 0 Å². The van der Waals surface area contributed by atoms with Crippen LogP contribution in [0.25, 0.3) is 10.8 Å². The molecule has 0 aliphatic rings. The molecular formula is C19H15F2NO. The maximum absolute atomic E-state index is 13.3. The molecule has 116 valence electrons. The molecule has 0 fully saturated rings. The fraction of sp³-hybridized carbons (Fsp3) is 0.105. The topological polar surface area (TPSA) is 29.1 Å². The Balaban J connectivity index is 1.87. The molecule has 3 aromatic rings. The summed E-state index contributed by atoms with van der Waals surface area (Å²) in [5, 5.41) is 4.95. The van der Waals surface area contributed by atoms with Gasteiger partial charge in [-0.1, -0.05) is 42.5 Å². The predicted octanol–water partition coefficient (Wildman–Crippen LogP) is 4.61. The first kappa shape index (κ1) is 15.2. The number of rotatable bonds is 3. The van der Waals surface area contributed by atoms with Crippen molar-refractivity contribution in [3.8, 4) is 0 Å². The largest absolute Gasteiger partial charge is 0.345 e. The molecule has 0 aliphatic heterocycles. The third-order valence-electron chi connectivity index (χ3n) is 3.82. The van der Waals surface area contributed by atoms with E-state index in [1.165, 1.54) is 6.07 Å². The SMILES string of the molecule is CC(NC(=O)c1ccc(F)c(F)c1)c1cccc2ccccc12. The van der Waals surface area contributed by atoms with Crippen LogP contribution in [0.15, 0.2) is 60.7 Å². The monoisotopic (exact) mass is 311 g/mol. The predicted molar refractivity (Wildman–Crippen MR) is 86.2 cm³/mol. The summed E-state index contributed by atoms with van der Waals surface area (Å²) < 4.78 is 26.2. The van der Waals surface area contributed by atoms with Crippen LogP contribution in [0.3, 0.4) is 0 Å². The van der Waals surface area contributed by atoms with E-state index < -0.39 is 17.5 Å². The highest BCUT2D eigenvalue weighted by molar-refractivity contribution is 5.95. The molecule has 0 aliphatic carbocycles. The van der Waals surface area contributed by atoms with E-state index >= 15 is 0 Å². The van der Waals surface area contributed by atoms with E-state index in [0.29, 0.717) is 0 Å². The van der Waals surface area contributed by atoms with Crippen molar-refractivity contribution in [3.05, 3.63) is 83.4 Å². The second-order valence-electron chi connectivity index (χ2n) is 5.39. The van der Waals surface area contributed by atoms with Crippen molar-refractivity contribution in [2.45, 2.75) is 13.0 Å². The summed E-state index contributed by atoms with van der Waals surface area (Å²) in [6.45, 7) is 1.86. The minimum Gasteiger partial charge on any atom is -0.345 e. The summed E-state index contributed by atoms with van der Waals surface area (Å²) in [4.78, 5) is 12.2. The number of benzene rings is 3. The third kappa shape index (κ3) is 3.06. The second-order valence-corrected chi connectivity index (χ2v) is 5.39. The molecule has 23 heavy (non-hydrogen) atoms. The Hall–Kier alpha value is -2.75. The molecule has 0 spiro atoms. The number of amides is 1. The van der Waals surface area contributed by atoms with Crippen molar-refractivity contribution in [2.24, 2.45) is 0 Å². The van der Waals surface area contributed by atoms with Gasteiger partial charge in [-0.25, -0.2) is 8.78 Å². The van der Waals surface area contributed by atoms with Gasteiger partial charge in [0.2, 0.25) is 0 Å². The van der Waals surface area contributed by atoms with E-state index in [4.69, 9.17) is 0 Å². The van der Waals surface area contributed by atoms with Crippen molar-refractivity contribution in [2.75, 3.05) is 0 Å². The van der Waals surface area contributed by atoms with Crippen molar-refractivity contribution in [1.29, 1.82) is 0 Å². The molecule has 1 N–H and O–H groups in total. The highest BCUT2D eigenvalue weighted by Crippen LogP contribution is 2.24. The average Bonchev–Trinajstić information content (AvgIpc) is 2.56. The molecule has 1 unspecified atom stereocenters. The van der Waals surface area contributed by atoms with E-state index in [9.17, 15) is 13.6 Å². The van der Waals surface area contributed by atoms with Crippen LogP contribution >= 0.6 is 0 Å². The summed E-state index contributed by atoms with van der Waals surface area (Å²) in [7, 11) is 0. The Labute approximate surface area is 132 Å². The van der Waals surface area contributed by atoms with E-state index in [2.05, 4.69) is 5.32 Å². The van der Waals surface area contributed by atoms with Crippen LogP contribution < -0.4 is 5.32 Å². The zero-order valence-corrected chi connectivity index (χ0v) is 12.5. The third-order valence-corrected chi connectivity index (χ3v) is 3.82. The van der Waals surface area contributed by atoms with Crippen LogP contribution in [0.2, 0.25) is 0 Å². The van der Waals surface area contributed by atoms with Gasteiger partial charge in [0.15, 0.2) is 11.6 Å². The normalized spacial score (nSPS) is 12.1. The summed E-state index contributed by atoms with van der Waals surface area (Å²) in [5.41, 5.74) is 1.06. The maximum Gasteiger partial charge on any atom is 0.251 e. The smallest absolute Gasteiger partial charge is 0.251 e. The summed E-state index contributed by atoms with van der Waals surface area (Å²) in [6, 6.07) is 16.6.